The molecule has 1 aromatic heterocycles. The summed E-state index contributed by atoms with van der Waals surface area (Å²) in [6.45, 7) is 8.15. The van der Waals surface area contributed by atoms with E-state index in [2.05, 4.69) is 18.8 Å². The van der Waals surface area contributed by atoms with Crippen LogP contribution >= 0.6 is 11.8 Å². The second-order valence-electron chi connectivity index (χ2n) is 4.38. The molecule has 0 N–H and O–H groups in total. The quantitative estimate of drug-likeness (QED) is 0.733. The molecule has 0 fully saturated rings. The molecule has 88 valence electrons. The van der Waals surface area contributed by atoms with Gasteiger partial charge in [0.25, 0.3) is 0 Å². The van der Waals surface area contributed by atoms with E-state index in [4.69, 9.17) is 0 Å². The Bertz CT molecular complexity index is 361. The minimum Gasteiger partial charge on any atom is -0.294 e. The molecule has 0 aliphatic carbocycles. The van der Waals surface area contributed by atoms with Gasteiger partial charge in [-0.05, 0) is 17.4 Å². The summed E-state index contributed by atoms with van der Waals surface area (Å²) >= 11 is 1.81. The summed E-state index contributed by atoms with van der Waals surface area (Å²) in [5, 5.41) is 0.559. The number of thioether (sulfide) groups is 1. The maximum atomic E-state index is 12.0. The highest BCUT2D eigenvalue weighted by atomic mass is 32.2. The smallest absolute Gasteiger partial charge is 0.167 e. The minimum atomic E-state index is 0.0343. The van der Waals surface area contributed by atoms with Gasteiger partial charge in [-0.2, -0.15) is 11.8 Å². The molecule has 0 atom stereocenters. The van der Waals surface area contributed by atoms with E-state index in [0.717, 1.165) is 17.0 Å². The molecule has 1 heterocycles. The van der Waals surface area contributed by atoms with Crippen LogP contribution in [0.1, 0.15) is 43.7 Å². The van der Waals surface area contributed by atoms with Crippen molar-refractivity contribution in [3.63, 3.8) is 0 Å². The Morgan fingerprint density at radius 3 is 2.62 bits per heavy atom. The lowest BCUT2D eigenvalue weighted by molar-refractivity contribution is 0.0938. The number of carbonyl (C=O) groups is 1. The van der Waals surface area contributed by atoms with Crippen molar-refractivity contribution in [2.45, 2.75) is 38.7 Å². The fraction of sp³-hybridized carbons (Fsp3) is 0.538. The summed E-state index contributed by atoms with van der Waals surface area (Å²) in [7, 11) is 0. The molecule has 0 radical (unpaired) electrons. The molecule has 0 aliphatic heterocycles. The first-order valence-corrected chi connectivity index (χ1v) is 6.67. The molecular formula is C13H19NOS. The maximum absolute atomic E-state index is 12.0. The highest BCUT2D eigenvalue weighted by Crippen LogP contribution is 2.20. The Kier molecular flexibility index (Phi) is 5.00. The third-order valence-electron chi connectivity index (χ3n) is 2.23. The zero-order valence-electron chi connectivity index (χ0n) is 10.4. The second-order valence-corrected chi connectivity index (χ2v) is 5.94. The van der Waals surface area contributed by atoms with E-state index in [1.165, 1.54) is 0 Å². The lowest BCUT2D eigenvalue weighted by Gasteiger charge is -2.10. The number of carbonyl (C=O) groups excluding carboxylic acids is 1. The number of ketones is 1. The van der Waals surface area contributed by atoms with Crippen LogP contribution in [0.4, 0.5) is 0 Å². The van der Waals surface area contributed by atoms with Crippen LogP contribution in [-0.2, 0) is 5.75 Å². The standard InChI is InChI=1S/C13H19NOS/c1-9(2)13(15)11-6-5-7-14-12(11)8-16-10(3)4/h5-7,9-10H,8H2,1-4H3. The van der Waals surface area contributed by atoms with Gasteiger partial charge < -0.3 is 0 Å². The number of hydrogen-bond donors (Lipinski definition) is 0. The SMILES string of the molecule is CC(C)SCc1ncccc1C(=O)C(C)C. The first kappa shape index (κ1) is 13.2. The third kappa shape index (κ3) is 3.63. The average Bonchev–Trinajstić information content (AvgIpc) is 2.25. The lowest BCUT2D eigenvalue weighted by atomic mass is 10.0. The van der Waals surface area contributed by atoms with Crippen LogP contribution in [0.25, 0.3) is 0 Å². The zero-order chi connectivity index (χ0) is 12.1. The maximum Gasteiger partial charge on any atom is 0.167 e. The van der Waals surface area contributed by atoms with Crippen LogP contribution in [0.5, 0.6) is 0 Å². The fourth-order valence-corrected chi connectivity index (χ4v) is 2.06. The van der Waals surface area contributed by atoms with Crippen molar-refractivity contribution in [1.29, 1.82) is 0 Å². The number of aromatic nitrogens is 1. The summed E-state index contributed by atoms with van der Waals surface area (Å²) in [6, 6.07) is 3.71. The zero-order valence-corrected chi connectivity index (χ0v) is 11.2. The van der Waals surface area contributed by atoms with Gasteiger partial charge in [0.15, 0.2) is 5.78 Å². The molecule has 0 bridgehead atoms. The Morgan fingerprint density at radius 1 is 1.38 bits per heavy atom. The fourth-order valence-electron chi connectivity index (χ4n) is 1.33. The highest BCUT2D eigenvalue weighted by Gasteiger charge is 2.15. The summed E-state index contributed by atoms with van der Waals surface area (Å²) < 4.78 is 0. The molecule has 1 aromatic rings. The summed E-state index contributed by atoms with van der Waals surface area (Å²) in [5.74, 6) is 1.03. The largest absolute Gasteiger partial charge is 0.294 e. The summed E-state index contributed by atoms with van der Waals surface area (Å²) in [5.41, 5.74) is 1.70. The topological polar surface area (TPSA) is 30.0 Å². The van der Waals surface area contributed by atoms with E-state index in [-0.39, 0.29) is 11.7 Å². The lowest BCUT2D eigenvalue weighted by Crippen LogP contribution is -2.11. The Balaban J connectivity index is 2.87. The molecule has 16 heavy (non-hydrogen) atoms. The average molecular weight is 237 g/mol. The third-order valence-corrected chi connectivity index (χ3v) is 3.34. The van der Waals surface area contributed by atoms with E-state index >= 15 is 0 Å². The molecule has 0 aliphatic rings. The van der Waals surface area contributed by atoms with E-state index in [1.807, 2.05) is 37.7 Å². The van der Waals surface area contributed by atoms with Crippen molar-refractivity contribution in [3.05, 3.63) is 29.6 Å². The van der Waals surface area contributed by atoms with Gasteiger partial charge in [0.1, 0.15) is 0 Å². The molecular weight excluding hydrogens is 218 g/mol. The van der Waals surface area contributed by atoms with Gasteiger partial charge in [0, 0.05) is 23.4 Å². The van der Waals surface area contributed by atoms with Crippen LogP contribution in [-0.4, -0.2) is 16.0 Å². The van der Waals surface area contributed by atoms with Gasteiger partial charge in [-0.15, -0.1) is 0 Å². The van der Waals surface area contributed by atoms with E-state index in [9.17, 15) is 4.79 Å². The highest BCUT2D eigenvalue weighted by molar-refractivity contribution is 7.99. The van der Waals surface area contributed by atoms with Gasteiger partial charge in [0.2, 0.25) is 0 Å². The monoisotopic (exact) mass is 237 g/mol. The molecule has 0 unspecified atom stereocenters. The Morgan fingerprint density at radius 2 is 2.06 bits per heavy atom. The van der Waals surface area contributed by atoms with Gasteiger partial charge in [0.05, 0.1) is 5.69 Å². The molecule has 0 spiro atoms. The molecule has 0 amide bonds. The number of Topliss-reactive ketones (excluding diaryl/α,β-unsaturated/α-hetero) is 1. The van der Waals surface area contributed by atoms with Crippen LogP contribution in [0.2, 0.25) is 0 Å². The molecule has 1 rings (SSSR count). The first-order chi connectivity index (χ1) is 7.52. The predicted molar refractivity (Wildman–Crippen MR) is 69.8 cm³/mol. The summed E-state index contributed by atoms with van der Waals surface area (Å²) in [6.07, 6.45) is 1.76. The van der Waals surface area contributed by atoms with Crippen LogP contribution in [0.3, 0.4) is 0 Å². The molecule has 3 heteroatoms. The number of pyridine rings is 1. The normalized spacial score (nSPS) is 11.1. The van der Waals surface area contributed by atoms with Crippen LogP contribution in [0.15, 0.2) is 18.3 Å². The minimum absolute atomic E-state index is 0.0343. The number of hydrogen-bond acceptors (Lipinski definition) is 3. The van der Waals surface area contributed by atoms with Gasteiger partial charge in [-0.3, -0.25) is 9.78 Å². The molecule has 0 saturated heterocycles. The van der Waals surface area contributed by atoms with E-state index in [0.29, 0.717) is 5.25 Å². The first-order valence-electron chi connectivity index (χ1n) is 5.62. The number of nitrogens with zero attached hydrogens (tertiary/aromatic N) is 1. The number of rotatable bonds is 5. The van der Waals surface area contributed by atoms with Crippen molar-refractivity contribution in [3.8, 4) is 0 Å². The van der Waals surface area contributed by atoms with Crippen molar-refractivity contribution in [2.75, 3.05) is 0 Å². The van der Waals surface area contributed by atoms with Crippen molar-refractivity contribution < 1.29 is 4.79 Å². The summed E-state index contributed by atoms with van der Waals surface area (Å²) in [4.78, 5) is 16.3. The van der Waals surface area contributed by atoms with Gasteiger partial charge in [-0.25, -0.2) is 0 Å². The Hall–Kier alpha value is -0.830. The van der Waals surface area contributed by atoms with Crippen molar-refractivity contribution >= 4 is 17.5 Å². The van der Waals surface area contributed by atoms with Crippen molar-refractivity contribution in [1.82, 2.24) is 4.98 Å². The van der Waals surface area contributed by atoms with E-state index in [1.54, 1.807) is 6.20 Å². The van der Waals surface area contributed by atoms with Crippen molar-refractivity contribution in [2.24, 2.45) is 5.92 Å². The Labute approximate surface area is 102 Å². The predicted octanol–water partition coefficient (Wildman–Crippen LogP) is 3.56. The second kappa shape index (κ2) is 6.04. The molecule has 0 saturated carbocycles. The van der Waals surface area contributed by atoms with E-state index < -0.39 is 0 Å². The molecule has 2 nitrogen and oxygen atoms in total. The van der Waals surface area contributed by atoms with Crippen LogP contribution in [0, 0.1) is 5.92 Å². The van der Waals surface area contributed by atoms with Crippen LogP contribution < -0.4 is 0 Å². The molecule has 0 aromatic carbocycles. The van der Waals surface area contributed by atoms with Gasteiger partial charge in [-0.1, -0.05) is 27.7 Å². The van der Waals surface area contributed by atoms with Gasteiger partial charge >= 0.3 is 0 Å².